The van der Waals surface area contributed by atoms with E-state index in [-0.39, 0.29) is 0 Å². The molecule has 3 fully saturated rings. The summed E-state index contributed by atoms with van der Waals surface area (Å²) < 4.78 is 0. The van der Waals surface area contributed by atoms with E-state index >= 15 is 0 Å². The van der Waals surface area contributed by atoms with Crippen LogP contribution in [0.25, 0.3) is 0 Å². The Bertz CT molecular complexity index is 521. The molecule has 4 rings (SSSR count). The number of piperazine rings is 1. The summed E-state index contributed by atoms with van der Waals surface area (Å²) in [5.41, 5.74) is 2.70. The van der Waals surface area contributed by atoms with Crippen LogP contribution in [-0.2, 0) is 6.54 Å². The molecule has 0 aromatic carbocycles. The maximum Gasteiger partial charge on any atom is 0.0547 e. The van der Waals surface area contributed by atoms with Crippen molar-refractivity contribution in [1.82, 2.24) is 15.2 Å². The molecule has 1 N–H and O–H groups in total. The molecule has 0 spiro atoms. The number of nitrogens with zero attached hydrogens (tertiary/aromatic N) is 2. The van der Waals surface area contributed by atoms with Crippen LogP contribution in [-0.4, -0.2) is 34.6 Å². The lowest BCUT2D eigenvalue weighted by atomic mass is 9.88. The molecule has 2 saturated carbocycles. The van der Waals surface area contributed by atoms with Gasteiger partial charge in [0.1, 0.15) is 0 Å². The zero-order valence-electron chi connectivity index (χ0n) is 13.3. The third-order valence-electron chi connectivity index (χ3n) is 5.81. The molecule has 2 unspecified atom stereocenters. The van der Waals surface area contributed by atoms with Crippen molar-refractivity contribution in [2.45, 2.75) is 57.7 Å². The van der Waals surface area contributed by atoms with Crippen LogP contribution in [0.5, 0.6) is 0 Å². The number of aromatic nitrogens is 1. The molecule has 114 valence electrons. The van der Waals surface area contributed by atoms with Gasteiger partial charge in [0.05, 0.1) is 5.69 Å². The summed E-state index contributed by atoms with van der Waals surface area (Å²) in [7, 11) is 0. The monoisotopic (exact) mass is 285 g/mol. The van der Waals surface area contributed by atoms with Crippen LogP contribution in [0.4, 0.5) is 0 Å². The molecule has 1 aliphatic heterocycles. The molecule has 2 atom stereocenters. The minimum Gasteiger partial charge on any atom is -0.311 e. The first kappa shape index (κ1) is 13.7. The number of hydrogen-bond acceptors (Lipinski definition) is 3. The summed E-state index contributed by atoms with van der Waals surface area (Å²) in [4.78, 5) is 7.48. The van der Waals surface area contributed by atoms with Gasteiger partial charge in [0, 0.05) is 36.9 Å². The number of nitrogens with one attached hydrogen (secondary N) is 1. The molecule has 3 nitrogen and oxygen atoms in total. The van der Waals surface area contributed by atoms with Crippen molar-refractivity contribution in [3.05, 3.63) is 29.6 Å². The zero-order valence-corrected chi connectivity index (χ0v) is 13.3. The highest BCUT2D eigenvalue weighted by Gasteiger charge is 2.50. The van der Waals surface area contributed by atoms with Crippen molar-refractivity contribution in [2.24, 2.45) is 11.8 Å². The van der Waals surface area contributed by atoms with Gasteiger partial charge in [0.15, 0.2) is 0 Å². The summed E-state index contributed by atoms with van der Waals surface area (Å²) in [5.74, 6) is 1.82. The average molecular weight is 285 g/mol. The normalized spacial score (nSPS) is 34.1. The Labute approximate surface area is 128 Å². The van der Waals surface area contributed by atoms with Crippen molar-refractivity contribution in [2.75, 3.05) is 13.1 Å². The highest BCUT2D eigenvalue weighted by atomic mass is 15.3. The van der Waals surface area contributed by atoms with Crippen LogP contribution in [0.3, 0.4) is 0 Å². The second-order valence-electron chi connectivity index (χ2n) is 7.61. The Morgan fingerprint density at radius 1 is 1.29 bits per heavy atom. The van der Waals surface area contributed by atoms with Gasteiger partial charge in [-0.2, -0.15) is 0 Å². The fourth-order valence-corrected chi connectivity index (χ4v) is 4.01. The highest BCUT2D eigenvalue weighted by molar-refractivity contribution is 5.13. The predicted octanol–water partition coefficient (Wildman–Crippen LogP) is 2.74. The molecule has 1 aromatic heterocycles. The van der Waals surface area contributed by atoms with Crippen LogP contribution in [0.2, 0.25) is 0 Å². The minimum atomic E-state index is 0.330. The Balaban J connectivity index is 1.54. The number of hydrogen-bond donors (Lipinski definition) is 1. The van der Waals surface area contributed by atoms with Gasteiger partial charge < -0.3 is 5.32 Å². The van der Waals surface area contributed by atoms with Gasteiger partial charge >= 0.3 is 0 Å². The van der Waals surface area contributed by atoms with Gasteiger partial charge in [0.25, 0.3) is 0 Å². The second-order valence-corrected chi connectivity index (χ2v) is 7.61. The molecule has 21 heavy (non-hydrogen) atoms. The Hall–Kier alpha value is -0.930. The van der Waals surface area contributed by atoms with E-state index in [1.54, 1.807) is 0 Å². The fraction of sp³-hybridized carbons (Fsp3) is 0.722. The fourth-order valence-electron chi connectivity index (χ4n) is 4.01. The van der Waals surface area contributed by atoms with E-state index in [4.69, 9.17) is 4.98 Å². The standard InChI is InChI=1S/C18H27N3/c1-13-4-3-5-16(20-13)10-21-11-17(14-6-7-14)19-12-18(21,2)15-8-9-15/h3-5,14-15,17,19H,6-12H2,1-2H3. The van der Waals surface area contributed by atoms with Gasteiger partial charge in [-0.1, -0.05) is 6.07 Å². The molecule has 3 heteroatoms. The lowest BCUT2D eigenvalue weighted by Gasteiger charge is -2.49. The number of pyridine rings is 1. The maximum atomic E-state index is 4.74. The van der Waals surface area contributed by atoms with Crippen molar-refractivity contribution in [3.63, 3.8) is 0 Å². The third kappa shape index (κ3) is 2.74. The topological polar surface area (TPSA) is 28.2 Å². The summed E-state index contributed by atoms with van der Waals surface area (Å²) >= 11 is 0. The summed E-state index contributed by atoms with van der Waals surface area (Å²) in [6.07, 6.45) is 5.66. The van der Waals surface area contributed by atoms with E-state index < -0.39 is 0 Å². The van der Waals surface area contributed by atoms with E-state index in [9.17, 15) is 0 Å². The smallest absolute Gasteiger partial charge is 0.0547 e. The molecule has 3 aliphatic rings. The molecule has 0 amide bonds. The average Bonchev–Trinajstić information content (AvgIpc) is 3.33. The van der Waals surface area contributed by atoms with Gasteiger partial charge in [-0.15, -0.1) is 0 Å². The first-order chi connectivity index (χ1) is 10.1. The quantitative estimate of drug-likeness (QED) is 0.922. The van der Waals surface area contributed by atoms with E-state index in [0.717, 1.165) is 30.6 Å². The summed E-state index contributed by atoms with van der Waals surface area (Å²) in [5, 5.41) is 3.86. The largest absolute Gasteiger partial charge is 0.311 e. The number of aryl methyl sites for hydroxylation is 1. The van der Waals surface area contributed by atoms with Gasteiger partial charge in [-0.3, -0.25) is 9.88 Å². The number of rotatable bonds is 4. The van der Waals surface area contributed by atoms with Gasteiger partial charge in [-0.05, 0) is 63.5 Å². The molecular formula is C18H27N3. The van der Waals surface area contributed by atoms with Crippen LogP contribution >= 0.6 is 0 Å². The van der Waals surface area contributed by atoms with Gasteiger partial charge in [0.2, 0.25) is 0 Å². The molecule has 2 aliphatic carbocycles. The predicted molar refractivity (Wildman–Crippen MR) is 85.0 cm³/mol. The van der Waals surface area contributed by atoms with Crippen LogP contribution < -0.4 is 5.32 Å². The molecule has 2 heterocycles. The molecule has 0 bridgehead atoms. The molecule has 1 saturated heterocycles. The molecule has 1 aromatic rings. The Morgan fingerprint density at radius 3 is 2.76 bits per heavy atom. The van der Waals surface area contributed by atoms with E-state index in [0.29, 0.717) is 11.6 Å². The lowest BCUT2D eigenvalue weighted by molar-refractivity contribution is 0.0224. The SMILES string of the molecule is Cc1cccc(CN2CC(C3CC3)NCC2(C)C2CC2)n1. The van der Waals surface area contributed by atoms with Crippen LogP contribution in [0.15, 0.2) is 18.2 Å². The molecular weight excluding hydrogens is 258 g/mol. The molecule has 0 radical (unpaired) electrons. The lowest BCUT2D eigenvalue weighted by Crippen LogP contribution is -2.64. The first-order valence-electron chi connectivity index (χ1n) is 8.56. The Morgan fingerprint density at radius 2 is 2.10 bits per heavy atom. The van der Waals surface area contributed by atoms with Crippen molar-refractivity contribution in [3.8, 4) is 0 Å². The van der Waals surface area contributed by atoms with Crippen molar-refractivity contribution < 1.29 is 0 Å². The minimum absolute atomic E-state index is 0.330. The first-order valence-corrected chi connectivity index (χ1v) is 8.56. The summed E-state index contributed by atoms with van der Waals surface area (Å²) in [6.45, 7) is 7.93. The highest BCUT2D eigenvalue weighted by Crippen LogP contribution is 2.46. The van der Waals surface area contributed by atoms with Crippen molar-refractivity contribution >= 4 is 0 Å². The maximum absolute atomic E-state index is 4.74. The van der Waals surface area contributed by atoms with Crippen LogP contribution in [0.1, 0.15) is 44.0 Å². The Kier molecular flexibility index (Phi) is 3.31. The van der Waals surface area contributed by atoms with Crippen LogP contribution in [0, 0.1) is 18.8 Å². The zero-order chi connectivity index (χ0) is 14.4. The van der Waals surface area contributed by atoms with Gasteiger partial charge in [-0.25, -0.2) is 0 Å². The summed E-state index contributed by atoms with van der Waals surface area (Å²) in [6, 6.07) is 7.14. The van der Waals surface area contributed by atoms with E-state index in [1.807, 2.05) is 0 Å². The van der Waals surface area contributed by atoms with Crippen molar-refractivity contribution in [1.29, 1.82) is 0 Å². The van der Waals surface area contributed by atoms with E-state index in [2.05, 4.69) is 42.3 Å². The van der Waals surface area contributed by atoms with E-state index in [1.165, 1.54) is 37.9 Å². The second kappa shape index (κ2) is 5.06. The third-order valence-corrected chi connectivity index (χ3v) is 5.81.